The first-order valence-electron chi connectivity index (χ1n) is 6.64. The highest BCUT2D eigenvalue weighted by Gasteiger charge is 2.22. The summed E-state index contributed by atoms with van der Waals surface area (Å²) in [5.41, 5.74) is 0.888. The molecule has 110 valence electrons. The number of carbonyl (C=O) groups excluding carboxylic acids is 1. The number of hydrogen-bond donors (Lipinski definition) is 5. The Labute approximate surface area is 116 Å². The van der Waals surface area contributed by atoms with E-state index in [1.54, 1.807) is 13.0 Å². The molecule has 5 N–H and O–H groups in total. The molecule has 1 aromatic rings. The molecule has 1 aliphatic rings. The lowest BCUT2D eigenvalue weighted by Gasteiger charge is -2.26. The van der Waals surface area contributed by atoms with E-state index >= 15 is 0 Å². The molecule has 1 aliphatic carbocycles. The summed E-state index contributed by atoms with van der Waals surface area (Å²) in [6, 6.07) is 1.17. The highest BCUT2D eigenvalue weighted by Crippen LogP contribution is 2.19. The van der Waals surface area contributed by atoms with Crippen molar-refractivity contribution in [2.75, 3.05) is 5.32 Å². The Morgan fingerprint density at radius 2 is 1.95 bits per heavy atom. The van der Waals surface area contributed by atoms with E-state index in [0.717, 1.165) is 12.8 Å². The Morgan fingerprint density at radius 1 is 1.30 bits per heavy atom. The molecule has 0 atom stereocenters. The Bertz CT molecular complexity index is 504. The van der Waals surface area contributed by atoms with Crippen LogP contribution in [-0.2, 0) is 0 Å². The minimum absolute atomic E-state index is 0.0201. The molecule has 0 aromatic carbocycles. The summed E-state index contributed by atoms with van der Waals surface area (Å²) >= 11 is 0. The maximum absolute atomic E-state index is 11.9. The van der Waals surface area contributed by atoms with Crippen LogP contribution in [0.5, 0.6) is 0 Å². The van der Waals surface area contributed by atoms with Crippen molar-refractivity contribution in [2.24, 2.45) is 0 Å². The molecule has 1 fully saturated rings. The van der Waals surface area contributed by atoms with Gasteiger partial charge in [-0.3, -0.25) is 0 Å². The summed E-state index contributed by atoms with van der Waals surface area (Å²) in [4.78, 5) is 25.6. The van der Waals surface area contributed by atoms with Crippen molar-refractivity contribution in [3.63, 3.8) is 0 Å². The number of carboxylic acid groups (broad SMARTS) is 1. The number of urea groups is 1. The Hall–Kier alpha value is -2.02. The number of H-pyrrole nitrogens is 1. The molecule has 1 saturated carbocycles. The molecular weight excluding hydrogens is 262 g/mol. The Morgan fingerprint density at radius 3 is 2.55 bits per heavy atom. The van der Waals surface area contributed by atoms with E-state index < -0.39 is 12.0 Å². The number of amides is 2. The van der Waals surface area contributed by atoms with Crippen LogP contribution in [0.15, 0.2) is 6.07 Å². The van der Waals surface area contributed by atoms with Crippen molar-refractivity contribution in [3.05, 3.63) is 17.5 Å². The molecule has 0 unspecified atom stereocenters. The average Bonchev–Trinajstić information content (AvgIpc) is 2.73. The molecule has 2 rings (SSSR count). The van der Waals surface area contributed by atoms with Gasteiger partial charge in [-0.2, -0.15) is 0 Å². The molecule has 0 spiro atoms. The van der Waals surface area contributed by atoms with Gasteiger partial charge in [0.25, 0.3) is 0 Å². The van der Waals surface area contributed by atoms with Crippen molar-refractivity contribution >= 4 is 17.7 Å². The van der Waals surface area contributed by atoms with Crippen molar-refractivity contribution in [2.45, 2.75) is 44.8 Å². The molecule has 1 aromatic heterocycles. The monoisotopic (exact) mass is 281 g/mol. The number of aliphatic hydroxyl groups is 1. The predicted molar refractivity (Wildman–Crippen MR) is 72.9 cm³/mol. The molecule has 20 heavy (non-hydrogen) atoms. The molecule has 0 bridgehead atoms. The molecular formula is C13H19N3O4. The second kappa shape index (κ2) is 5.96. The number of anilines is 1. The van der Waals surface area contributed by atoms with Crippen LogP contribution < -0.4 is 10.6 Å². The number of hydrogen-bond acceptors (Lipinski definition) is 3. The van der Waals surface area contributed by atoms with Gasteiger partial charge in [-0.05, 0) is 38.7 Å². The fourth-order valence-corrected chi connectivity index (χ4v) is 2.42. The largest absolute Gasteiger partial charge is 0.477 e. The smallest absolute Gasteiger partial charge is 0.354 e. The van der Waals surface area contributed by atoms with Crippen molar-refractivity contribution in [1.29, 1.82) is 0 Å². The van der Waals surface area contributed by atoms with E-state index in [0.29, 0.717) is 18.5 Å². The van der Waals surface area contributed by atoms with Gasteiger partial charge >= 0.3 is 12.0 Å². The second-order valence-corrected chi connectivity index (χ2v) is 5.15. The zero-order valence-corrected chi connectivity index (χ0v) is 11.3. The minimum Gasteiger partial charge on any atom is -0.477 e. The first-order valence-corrected chi connectivity index (χ1v) is 6.64. The third-order valence-corrected chi connectivity index (χ3v) is 3.45. The van der Waals surface area contributed by atoms with E-state index in [2.05, 4.69) is 15.6 Å². The molecule has 7 nitrogen and oxygen atoms in total. The summed E-state index contributed by atoms with van der Waals surface area (Å²) < 4.78 is 0. The summed E-state index contributed by atoms with van der Waals surface area (Å²) in [6.45, 7) is 1.72. The van der Waals surface area contributed by atoms with Crippen molar-refractivity contribution in [1.82, 2.24) is 10.3 Å². The summed E-state index contributed by atoms with van der Waals surface area (Å²) in [5.74, 6) is -1.12. The number of nitrogens with one attached hydrogen (secondary N) is 3. The van der Waals surface area contributed by atoms with Gasteiger partial charge in [0, 0.05) is 11.7 Å². The molecule has 0 radical (unpaired) electrons. The minimum atomic E-state index is -1.12. The molecule has 1 heterocycles. The number of aromatic nitrogens is 1. The average molecular weight is 281 g/mol. The third-order valence-electron chi connectivity index (χ3n) is 3.45. The second-order valence-electron chi connectivity index (χ2n) is 5.15. The first kappa shape index (κ1) is 14.4. The quantitative estimate of drug-likeness (QED) is 0.576. The number of aliphatic hydroxyl groups excluding tert-OH is 1. The van der Waals surface area contributed by atoms with Gasteiger partial charge in [-0.1, -0.05) is 0 Å². The summed E-state index contributed by atoms with van der Waals surface area (Å²) in [6.07, 6.45) is 2.53. The lowest BCUT2D eigenvalue weighted by molar-refractivity contribution is 0.0692. The van der Waals surface area contributed by atoms with Crippen LogP contribution in [0.4, 0.5) is 10.5 Å². The van der Waals surface area contributed by atoms with Gasteiger partial charge in [0.1, 0.15) is 5.69 Å². The van der Waals surface area contributed by atoms with Crippen molar-refractivity contribution in [3.8, 4) is 0 Å². The highest BCUT2D eigenvalue weighted by atomic mass is 16.4. The summed E-state index contributed by atoms with van der Waals surface area (Å²) in [7, 11) is 0. The first-order chi connectivity index (χ1) is 9.45. The van der Waals surface area contributed by atoms with Gasteiger partial charge in [-0.25, -0.2) is 9.59 Å². The zero-order valence-electron chi connectivity index (χ0n) is 11.3. The van der Waals surface area contributed by atoms with E-state index in [9.17, 15) is 14.7 Å². The topological polar surface area (TPSA) is 114 Å². The van der Waals surface area contributed by atoms with Crippen LogP contribution in [0.2, 0.25) is 0 Å². The lowest BCUT2D eigenvalue weighted by Crippen LogP contribution is -2.41. The molecule has 2 amide bonds. The Balaban J connectivity index is 1.93. The number of aryl methyl sites for hydroxylation is 1. The van der Waals surface area contributed by atoms with E-state index in [-0.39, 0.29) is 23.5 Å². The number of aromatic amines is 1. The fourth-order valence-electron chi connectivity index (χ4n) is 2.42. The van der Waals surface area contributed by atoms with Gasteiger partial charge in [-0.15, -0.1) is 0 Å². The van der Waals surface area contributed by atoms with Crippen LogP contribution in [0.3, 0.4) is 0 Å². The van der Waals surface area contributed by atoms with Gasteiger partial charge in [0.2, 0.25) is 0 Å². The third kappa shape index (κ3) is 3.51. The van der Waals surface area contributed by atoms with E-state index in [1.807, 2.05) is 0 Å². The molecule has 7 heteroatoms. The number of carboxylic acids is 1. The van der Waals surface area contributed by atoms with Gasteiger partial charge < -0.3 is 25.8 Å². The molecule has 0 saturated heterocycles. The maximum atomic E-state index is 11.9. The van der Waals surface area contributed by atoms with Crippen molar-refractivity contribution < 1.29 is 19.8 Å². The molecule has 0 aliphatic heterocycles. The number of rotatable bonds is 3. The highest BCUT2D eigenvalue weighted by molar-refractivity contribution is 5.99. The normalized spacial score (nSPS) is 22.3. The van der Waals surface area contributed by atoms with E-state index in [1.165, 1.54) is 0 Å². The number of aromatic carboxylic acids is 1. The lowest BCUT2D eigenvalue weighted by atomic mass is 9.93. The zero-order chi connectivity index (χ0) is 14.7. The van der Waals surface area contributed by atoms with Crippen LogP contribution in [0, 0.1) is 6.92 Å². The Kier molecular flexibility index (Phi) is 4.29. The van der Waals surface area contributed by atoms with E-state index in [4.69, 9.17) is 5.11 Å². The SMILES string of the molecule is Cc1cc(NC(=O)NC2CCC(O)CC2)c(C(=O)O)[nH]1. The standard InChI is InChI=1S/C13H19N3O4/c1-7-6-10(11(14-7)12(18)19)16-13(20)15-8-2-4-9(17)5-3-8/h6,8-9,14,17H,2-5H2,1H3,(H,18,19)(H2,15,16,20). The van der Waals surface area contributed by atoms with Gasteiger partial charge in [0.05, 0.1) is 11.8 Å². The van der Waals surface area contributed by atoms with Crippen LogP contribution in [0.1, 0.15) is 41.9 Å². The number of carbonyl (C=O) groups is 2. The maximum Gasteiger partial charge on any atom is 0.354 e. The fraction of sp³-hybridized carbons (Fsp3) is 0.538. The van der Waals surface area contributed by atoms with Crippen LogP contribution in [0.25, 0.3) is 0 Å². The van der Waals surface area contributed by atoms with Crippen LogP contribution >= 0.6 is 0 Å². The predicted octanol–water partition coefficient (Wildman–Crippen LogP) is 1.45. The van der Waals surface area contributed by atoms with Gasteiger partial charge in [0.15, 0.2) is 0 Å². The van der Waals surface area contributed by atoms with Crippen LogP contribution in [-0.4, -0.2) is 39.3 Å². The summed E-state index contributed by atoms with van der Waals surface area (Å²) in [5, 5.41) is 23.8.